The molecule has 1 aromatic heterocycles. The Morgan fingerprint density at radius 1 is 1.03 bits per heavy atom. The summed E-state index contributed by atoms with van der Waals surface area (Å²) >= 11 is 0. The number of carbonyl (C=O) groups is 1. The first kappa shape index (κ1) is 21.6. The monoisotopic (exact) mass is 433 g/mol. The molecule has 0 saturated carbocycles. The Hall–Kier alpha value is -3.65. The first-order chi connectivity index (χ1) is 15.6. The smallest absolute Gasteiger partial charge is 0.228 e. The average Bonchev–Trinajstić information content (AvgIpc) is 2.81. The molecule has 0 unspecified atom stereocenters. The van der Waals surface area contributed by atoms with Crippen molar-refractivity contribution in [3.8, 4) is 5.75 Å². The Morgan fingerprint density at radius 2 is 1.72 bits per heavy atom. The second-order valence-electron chi connectivity index (χ2n) is 7.53. The Morgan fingerprint density at radius 3 is 2.41 bits per heavy atom. The van der Waals surface area contributed by atoms with E-state index in [0.29, 0.717) is 25.5 Å². The SMILES string of the molecule is COc1ccc(CC(=O)Nc2ccc(Nc3cc(N4CCOCC4)nc(C)n3)cc2)cc1. The lowest BCUT2D eigenvalue weighted by molar-refractivity contribution is -0.115. The van der Waals surface area contributed by atoms with Gasteiger partial charge < -0.3 is 25.0 Å². The maximum Gasteiger partial charge on any atom is 0.228 e. The number of rotatable bonds is 7. The summed E-state index contributed by atoms with van der Waals surface area (Å²) in [5.74, 6) is 3.03. The predicted molar refractivity (Wildman–Crippen MR) is 125 cm³/mol. The fourth-order valence-corrected chi connectivity index (χ4v) is 3.49. The number of carbonyl (C=O) groups excluding carboxylic acids is 1. The molecule has 0 bridgehead atoms. The Labute approximate surface area is 187 Å². The second-order valence-corrected chi connectivity index (χ2v) is 7.53. The Bertz CT molecular complexity index is 1050. The zero-order valence-corrected chi connectivity index (χ0v) is 18.3. The van der Waals surface area contributed by atoms with Gasteiger partial charge in [-0.05, 0) is 48.9 Å². The minimum absolute atomic E-state index is 0.0718. The molecule has 2 aromatic carbocycles. The molecule has 0 spiro atoms. The summed E-state index contributed by atoms with van der Waals surface area (Å²) < 4.78 is 10.6. The second kappa shape index (κ2) is 10.1. The van der Waals surface area contributed by atoms with Crippen molar-refractivity contribution in [2.24, 2.45) is 0 Å². The van der Waals surface area contributed by atoms with Gasteiger partial charge in [0.2, 0.25) is 5.91 Å². The van der Waals surface area contributed by atoms with Crippen LogP contribution in [0.2, 0.25) is 0 Å². The van der Waals surface area contributed by atoms with Crippen LogP contribution < -0.4 is 20.3 Å². The van der Waals surface area contributed by atoms with E-state index in [1.807, 2.05) is 61.5 Å². The minimum atomic E-state index is -0.0718. The maximum atomic E-state index is 12.3. The molecule has 1 aliphatic rings. The van der Waals surface area contributed by atoms with Crippen LogP contribution in [0.15, 0.2) is 54.6 Å². The van der Waals surface area contributed by atoms with Gasteiger partial charge in [-0.25, -0.2) is 9.97 Å². The molecule has 8 heteroatoms. The van der Waals surface area contributed by atoms with E-state index in [2.05, 4.69) is 25.5 Å². The summed E-state index contributed by atoms with van der Waals surface area (Å²) in [5.41, 5.74) is 2.54. The molecular weight excluding hydrogens is 406 g/mol. The van der Waals surface area contributed by atoms with Crippen LogP contribution in [0.1, 0.15) is 11.4 Å². The van der Waals surface area contributed by atoms with Gasteiger partial charge in [0, 0.05) is 30.5 Å². The number of ether oxygens (including phenoxy) is 2. The van der Waals surface area contributed by atoms with Crippen LogP contribution in [-0.2, 0) is 16.0 Å². The summed E-state index contributed by atoms with van der Waals surface area (Å²) in [6.45, 7) is 4.94. The summed E-state index contributed by atoms with van der Waals surface area (Å²) in [4.78, 5) is 23.6. The molecule has 3 aromatic rings. The van der Waals surface area contributed by atoms with Crippen molar-refractivity contribution in [3.05, 3.63) is 66.0 Å². The largest absolute Gasteiger partial charge is 0.497 e. The van der Waals surface area contributed by atoms with Crippen LogP contribution in [-0.4, -0.2) is 49.3 Å². The van der Waals surface area contributed by atoms with Crippen LogP contribution in [0.25, 0.3) is 0 Å². The number of anilines is 4. The van der Waals surface area contributed by atoms with Gasteiger partial charge in [-0.3, -0.25) is 4.79 Å². The number of methoxy groups -OCH3 is 1. The summed E-state index contributed by atoms with van der Waals surface area (Å²) in [6, 6.07) is 17.0. The van der Waals surface area contributed by atoms with Gasteiger partial charge in [0.25, 0.3) is 0 Å². The molecule has 166 valence electrons. The lowest BCUT2D eigenvalue weighted by atomic mass is 10.1. The van der Waals surface area contributed by atoms with Crippen molar-refractivity contribution in [1.82, 2.24) is 9.97 Å². The van der Waals surface area contributed by atoms with Gasteiger partial charge in [-0.1, -0.05) is 12.1 Å². The zero-order chi connectivity index (χ0) is 22.3. The van der Waals surface area contributed by atoms with E-state index < -0.39 is 0 Å². The number of nitrogens with one attached hydrogen (secondary N) is 2. The van der Waals surface area contributed by atoms with Gasteiger partial charge in [0.05, 0.1) is 26.7 Å². The molecular formula is C24H27N5O3. The standard InChI is InChI=1S/C24H27N5O3/c1-17-25-22(16-23(26-17)29-11-13-32-14-12-29)27-19-5-7-20(8-6-19)28-24(30)15-18-3-9-21(31-2)10-4-18/h3-10,16H,11-15H2,1-2H3,(H,28,30)(H,25,26,27). The van der Waals surface area contributed by atoms with Crippen LogP contribution >= 0.6 is 0 Å². The molecule has 0 aliphatic carbocycles. The fraction of sp³-hybridized carbons (Fsp3) is 0.292. The number of hydrogen-bond donors (Lipinski definition) is 2. The van der Waals surface area contributed by atoms with Crippen molar-refractivity contribution in [3.63, 3.8) is 0 Å². The molecule has 4 rings (SSSR count). The highest BCUT2D eigenvalue weighted by atomic mass is 16.5. The van der Waals surface area contributed by atoms with Crippen LogP contribution in [0.5, 0.6) is 5.75 Å². The van der Waals surface area contributed by atoms with Gasteiger partial charge >= 0.3 is 0 Å². The number of amides is 1. The fourth-order valence-electron chi connectivity index (χ4n) is 3.49. The molecule has 0 atom stereocenters. The van der Waals surface area contributed by atoms with Gasteiger partial charge in [0.15, 0.2) is 0 Å². The van der Waals surface area contributed by atoms with Gasteiger partial charge in [-0.15, -0.1) is 0 Å². The number of nitrogens with zero attached hydrogens (tertiary/aromatic N) is 3. The highest BCUT2D eigenvalue weighted by molar-refractivity contribution is 5.92. The van der Waals surface area contributed by atoms with Gasteiger partial charge in [0.1, 0.15) is 23.2 Å². The van der Waals surface area contributed by atoms with Crippen molar-refractivity contribution < 1.29 is 14.3 Å². The molecule has 1 amide bonds. The van der Waals surface area contributed by atoms with E-state index in [-0.39, 0.29) is 5.91 Å². The predicted octanol–water partition coefficient (Wildman–Crippen LogP) is 3.56. The summed E-state index contributed by atoms with van der Waals surface area (Å²) in [6.07, 6.45) is 0.300. The van der Waals surface area contributed by atoms with E-state index in [0.717, 1.165) is 47.4 Å². The normalized spacial score (nSPS) is 13.5. The van der Waals surface area contributed by atoms with E-state index in [1.165, 1.54) is 0 Å². The van der Waals surface area contributed by atoms with Crippen molar-refractivity contribution >= 4 is 28.9 Å². The van der Waals surface area contributed by atoms with E-state index in [1.54, 1.807) is 7.11 Å². The quantitative estimate of drug-likeness (QED) is 0.589. The van der Waals surface area contributed by atoms with Gasteiger partial charge in [-0.2, -0.15) is 0 Å². The van der Waals surface area contributed by atoms with Crippen molar-refractivity contribution in [1.29, 1.82) is 0 Å². The number of hydrogen-bond acceptors (Lipinski definition) is 7. The highest BCUT2D eigenvalue weighted by Gasteiger charge is 2.14. The molecule has 1 saturated heterocycles. The van der Waals surface area contributed by atoms with Crippen LogP contribution in [0.4, 0.5) is 23.0 Å². The molecule has 8 nitrogen and oxygen atoms in total. The number of morpholine rings is 1. The number of benzene rings is 2. The third-order valence-corrected chi connectivity index (χ3v) is 5.12. The number of aryl methyl sites for hydroxylation is 1. The highest BCUT2D eigenvalue weighted by Crippen LogP contribution is 2.22. The average molecular weight is 434 g/mol. The van der Waals surface area contributed by atoms with Crippen molar-refractivity contribution in [2.45, 2.75) is 13.3 Å². The van der Waals surface area contributed by atoms with Crippen molar-refractivity contribution in [2.75, 3.05) is 48.9 Å². The summed E-state index contributed by atoms with van der Waals surface area (Å²) in [5, 5.41) is 6.25. The summed E-state index contributed by atoms with van der Waals surface area (Å²) in [7, 11) is 1.62. The molecule has 1 aliphatic heterocycles. The molecule has 1 fully saturated rings. The van der Waals surface area contributed by atoms with E-state index >= 15 is 0 Å². The molecule has 2 N–H and O–H groups in total. The number of aromatic nitrogens is 2. The maximum absolute atomic E-state index is 12.3. The zero-order valence-electron chi connectivity index (χ0n) is 18.3. The molecule has 0 radical (unpaired) electrons. The lowest BCUT2D eigenvalue weighted by Gasteiger charge is -2.28. The first-order valence-electron chi connectivity index (χ1n) is 10.6. The minimum Gasteiger partial charge on any atom is -0.497 e. The van der Waals surface area contributed by atoms with Crippen LogP contribution in [0, 0.1) is 6.92 Å². The van der Waals surface area contributed by atoms with Crippen LogP contribution in [0.3, 0.4) is 0 Å². The Balaban J connectivity index is 1.36. The lowest BCUT2D eigenvalue weighted by Crippen LogP contribution is -2.36. The van der Waals surface area contributed by atoms with E-state index in [9.17, 15) is 4.79 Å². The first-order valence-corrected chi connectivity index (χ1v) is 10.6. The third kappa shape index (κ3) is 5.73. The third-order valence-electron chi connectivity index (χ3n) is 5.12. The Kier molecular flexibility index (Phi) is 6.81. The van der Waals surface area contributed by atoms with E-state index in [4.69, 9.17) is 9.47 Å². The molecule has 2 heterocycles. The topological polar surface area (TPSA) is 88.6 Å². The molecule has 32 heavy (non-hydrogen) atoms.